The van der Waals surface area contributed by atoms with Gasteiger partial charge in [0.1, 0.15) is 0 Å². The quantitative estimate of drug-likeness (QED) is 0.845. The van der Waals surface area contributed by atoms with E-state index in [2.05, 4.69) is 5.32 Å². The highest BCUT2D eigenvalue weighted by Gasteiger charge is 2.11. The van der Waals surface area contributed by atoms with Crippen LogP contribution in [0.2, 0.25) is 0 Å². The molecule has 1 aromatic rings. The molecule has 0 saturated carbocycles. The van der Waals surface area contributed by atoms with Gasteiger partial charge in [-0.2, -0.15) is 0 Å². The van der Waals surface area contributed by atoms with E-state index in [0.29, 0.717) is 23.6 Å². The van der Waals surface area contributed by atoms with Crippen LogP contribution in [-0.4, -0.2) is 25.7 Å². The molecular formula is C14H21NO3. The Hall–Kier alpha value is -1.71. The molecule has 0 saturated heterocycles. The third-order valence-corrected chi connectivity index (χ3v) is 2.32. The molecule has 0 fully saturated rings. The number of ether oxygens (including phenoxy) is 2. The fraction of sp³-hybridized carbons (Fsp3) is 0.500. The van der Waals surface area contributed by atoms with Gasteiger partial charge in [0.15, 0.2) is 11.5 Å². The van der Waals surface area contributed by atoms with Gasteiger partial charge in [-0.1, -0.05) is 6.92 Å². The number of hydrogen-bond acceptors (Lipinski definition) is 3. The van der Waals surface area contributed by atoms with Crippen molar-refractivity contribution >= 4 is 5.91 Å². The van der Waals surface area contributed by atoms with E-state index >= 15 is 0 Å². The number of methoxy groups -OCH3 is 1. The summed E-state index contributed by atoms with van der Waals surface area (Å²) in [6.07, 6.45) is 0.949. The Morgan fingerprint density at radius 2 is 2.06 bits per heavy atom. The van der Waals surface area contributed by atoms with E-state index in [0.717, 1.165) is 6.42 Å². The van der Waals surface area contributed by atoms with Crippen LogP contribution in [0.15, 0.2) is 18.2 Å². The van der Waals surface area contributed by atoms with Crippen LogP contribution in [0, 0.1) is 0 Å². The van der Waals surface area contributed by atoms with Crippen molar-refractivity contribution in [2.75, 3.05) is 13.7 Å². The van der Waals surface area contributed by atoms with Crippen molar-refractivity contribution in [3.63, 3.8) is 0 Å². The van der Waals surface area contributed by atoms with Crippen LogP contribution >= 0.6 is 0 Å². The zero-order valence-corrected chi connectivity index (χ0v) is 11.4. The van der Waals surface area contributed by atoms with Gasteiger partial charge in [-0.3, -0.25) is 4.79 Å². The summed E-state index contributed by atoms with van der Waals surface area (Å²) in [6, 6.07) is 5.19. The molecule has 100 valence electrons. The van der Waals surface area contributed by atoms with Crippen molar-refractivity contribution in [2.24, 2.45) is 0 Å². The molecule has 4 heteroatoms. The minimum Gasteiger partial charge on any atom is -0.493 e. The van der Waals surface area contributed by atoms with Gasteiger partial charge in [-0.25, -0.2) is 0 Å². The van der Waals surface area contributed by atoms with Gasteiger partial charge < -0.3 is 14.8 Å². The highest BCUT2D eigenvalue weighted by atomic mass is 16.5. The molecule has 0 spiro atoms. The second-order valence-corrected chi connectivity index (χ2v) is 4.29. The Bertz CT molecular complexity index is 402. The molecule has 1 N–H and O–H groups in total. The summed E-state index contributed by atoms with van der Waals surface area (Å²) in [5, 5.41) is 2.83. The number of amides is 1. The van der Waals surface area contributed by atoms with Crippen LogP contribution in [0.3, 0.4) is 0 Å². The summed E-state index contributed by atoms with van der Waals surface area (Å²) >= 11 is 0. The largest absolute Gasteiger partial charge is 0.493 e. The molecule has 0 aliphatic heterocycles. The average Bonchev–Trinajstić information content (AvgIpc) is 2.35. The molecule has 0 unspecified atom stereocenters. The third kappa shape index (κ3) is 3.95. The standard InChI is InChI=1S/C14H21NO3/c1-5-8-15-14(16)11-6-7-12(17-4)13(9-11)18-10(2)3/h6-7,9-10H,5,8H2,1-4H3,(H,15,16). The minimum atomic E-state index is -0.0897. The maximum Gasteiger partial charge on any atom is 0.251 e. The number of carbonyl (C=O) groups excluding carboxylic acids is 1. The van der Waals surface area contributed by atoms with Gasteiger partial charge in [0.05, 0.1) is 13.2 Å². The molecule has 0 aromatic heterocycles. The summed E-state index contributed by atoms with van der Waals surface area (Å²) in [6.45, 7) is 6.55. The van der Waals surface area contributed by atoms with Crippen LogP contribution in [0.1, 0.15) is 37.6 Å². The van der Waals surface area contributed by atoms with E-state index in [4.69, 9.17) is 9.47 Å². The Morgan fingerprint density at radius 3 is 2.61 bits per heavy atom. The first-order valence-electron chi connectivity index (χ1n) is 6.21. The first-order valence-corrected chi connectivity index (χ1v) is 6.21. The number of benzene rings is 1. The topological polar surface area (TPSA) is 47.6 Å². The van der Waals surface area contributed by atoms with Crippen LogP contribution < -0.4 is 14.8 Å². The van der Waals surface area contributed by atoms with E-state index in [1.165, 1.54) is 0 Å². The zero-order chi connectivity index (χ0) is 13.5. The molecule has 0 bridgehead atoms. The average molecular weight is 251 g/mol. The van der Waals surface area contributed by atoms with E-state index in [1.54, 1.807) is 25.3 Å². The van der Waals surface area contributed by atoms with Crippen LogP contribution in [-0.2, 0) is 0 Å². The normalized spacial score (nSPS) is 10.3. The van der Waals surface area contributed by atoms with Crippen molar-refractivity contribution in [1.82, 2.24) is 5.32 Å². The summed E-state index contributed by atoms with van der Waals surface area (Å²) in [5.41, 5.74) is 0.583. The van der Waals surface area contributed by atoms with Crippen LogP contribution in [0.5, 0.6) is 11.5 Å². The first-order chi connectivity index (χ1) is 8.58. The van der Waals surface area contributed by atoms with E-state index in [1.807, 2.05) is 20.8 Å². The molecule has 0 radical (unpaired) electrons. The smallest absolute Gasteiger partial charge is 0.251 e. The summed E-state index contributed by atoms with van der Waals surface area (Å²) in [7, 11) is 1.58. The monoisotopic (exact) mass is 251 g/mol. The Balaban J connectivity index is 2.91. The van der Waals surface area contributed by atoms with Gasteiger partial charge >= 0.3 is 0 Å². The van der Waals surface area contributed by atoms with Crippen LogP contribution in [0.25, 0.3) is 0 Å². The maximum atomic E-state index is 11.8. The van der Waals surface area contributed by atoms with Gasteiger partial charge in [-0.05, 0) is 38.5 Å². The van der Waals surface area contributed by atoms with Crippen molar-refractivity contribution in [1.29, 1.82) is 0 Å². The maximum absolute atomic E-state index is 11.8. The lowest BCUT2D eigenvalue weighted by Crippen LogP contribution is -2.24. The van der Waals surface area contributed by atoms with Crippen molar-refractivity contribution < 1.29 is 14.3 Å². The SMILES string of the molecule is CCCNC(=O)c1ccc(OC)c(OC(C)C)c1. The Morgan fingerprint density at radius 1 is 1.33 bits per heavy atom. The second kappa shape index (κ2) is 6.89. The number of hydrogen-bond donors (Lipinski definition) is 1. The van der Waals surface area contributed by atoms with Crippen molar-refractivity contribution in [3.8, 4) is 11.5 Å². The number of carbonyl (C=O) groups is 1. The third-order valence-electron chi connectivity index (χ3n) is 2.32. The summed E-state index contributed by atoms with van der Waals surface area (Å²) in [5.74, 6) is 1.14. The number of rotatable bonds is 6. The van der Waals surface area contributed by atoms with Crippen molar-refractivity contribution in [2.45, 2.75) is 33.3 Å². The fourth-order valence-electron chi connectivity index (χ4n) is 1.50. The second-order valence-electron chi connectivity index (χ2n) is 4.29. The van der Waals surface area contributed by atoms with E-state index in [-0.39, 0.29) is 12.0 Å². The predicted octanol–water partition coefficient (Wildman–Crippen LogP) is 2.62. The highest BCUT2D eigenvalue weighted by Crippen LogP contribution is 2.28. The van der Waals surface area contributed by atoms with Crippen molar-refractivity contribution in [3.05, 3.63) is 23.8 Å². The molecule has 1 aromatic carbocycles. The molecular weight excluding hydrogens is 230 g/mol. The van der Waals surface area contributed by atoms with Gasteiger partial charge in [-0.15, -0.1) is 0 Å². The van der Waals surface area contributed by atoms with Gasteiger partial charge in [0, 0.05) is 12.1 Å². The van der Waals surface area contributed by atoms with Gasteiger partial charge in [0.2, 0.25) is 0 Å². The lowest BCUT2D eigenvalue weighted by atomic mass is 10.2. The lowest BCUT2D eigenvalue weighted by molar-refractivity contribution is 0.0953. The molecule has 0 aliphatic carbocycles. The molecule has 1 amide bonds. The highest BCUT2D eigenvalue weighted by molar-refractivity contribution is 5.94. The Labute approximate surface area is 108 Å². The first kappa shape index (κ1) is 14.4. The molecule has 18 heavy (non-hydrogen) atoms. The molecule has 0 aliphatic rings. The number of nitrogens with one attached hydrogen (secondary N) is 1. The predicted molar refractivity (Wildman–Crippen MR) is 71.4 cm³/mol. The fourth-order valence-corrected chi connectivity index (χ4v) is 1.50. The van der Waals surface area contributed by atoms with Gasteiger partial charge in [0.25, 0.3) is 5.91 Å². The zero-order valence-electron chi connectivity index (χ0n) is 11.4. The minimum absolute atomic E-state index is 0.0350. The summed E-state index contributed by atoms with van der Waals surface area (Å²) in [4.78, 5) is 11.8. The molecule has 1 rings (SSSR count). The van der Waals surface area contributed by atoms with E-state index in [9.17, 15) is 4.79 Å². The lowest BCUT2D eigenvalue weighted by Gasteiger charge is -2.14. The van der Waals surface area contributed by atoms with E-state index < -0.39 is 0 Å². The molecule has 0 atom stereocenters. The molecule has 0 heterocycles. The Kier molecular flexibility index (Phi) is 5.49. The van der Waals surface area contributed by atoms with Crippen LogP contribution in [0.4, 0.5) is 0 Å². The summed E-state index contributed by atoms with van der Waals surface area (Å²) < 4.78 is 10.8. The molecule has 4 nitrogen and oxygen atoms in total.